The van der Waals surface area contributed by atoms with Crippen LogP contribution < -0.4 is 5.32 Å². The van der Waals surface area contributed by atoms with Gasteiger partial charge in [0.05, 0.1) is 23.5 Å². The Kier molecular flexibility index (Phi) is 4.67. The molecule has 1 saturated heterocycles. The number of benzene rings is 1. The lowest BCUT2D eigenvalue weighted by molar-refractivity contribution is -0.125. The first-order valence-electron chi connectivity index (χ1n) is 6.29. The van der Waals surface area contributed by atoms with Gasteiger partial charge in [0, 0.05) is 17.2 Å². The van der Waals surface area contributed by atoms with E-state index in [1.165, 1.54) is 12.1 Å². The number of ether oxygens (including phenoxy) is 1. The largest absolute Gasteiger partial charge is 0.378 e. The van der Waals surface area contributed by atoms with E-state index in [1.54, 1.807) is 12.1 Å². The summed E-state index contributed by atoms with van der Waals surface area (Å²) < 4.78 is 27.5. The molecular formula is C13H16ClNO4S. The van der Waals surface area contributed by atoms with Gasteiger partial charge in [-0.1, -0.05) is 12.1 Å². The van der Waals surface area contributed by atoms with Gasteiger partial charge in [-0.15, -0.1) is 0 Å². The van der Waals surface area contributed by atoms with Crippen LogP contribution in [0, 0.1) is 5.92 Å². The van der Waals surface area contributed by atoms with Crippen molar-refractivity contribution in [3.05, 3.63) is 29.8 Å². The fourth-order valence-electron chi connectivity index (χ4n) is 2.10. The minimum absolute atomic E-state index is 0.0385. The van der Waals surface area contributed by atoms with Crippen LogP contribution in [0.5, 0.6) is 0 Å². The van der Waals surface area contributed by atoms with Crippen molar-refractivity contribution in [3.8, 4) is 0 Å². The lowest BCUT2D eigenvalue weighted by Crippen LogP contribution is -2.30. The number of nitrogens with one attached hydrogen (secondary N) is 1. The smallest absolute Gasteiger partial charge is 0.261 e. The van der Waals surface area contributed by atoms with Crippen LogP contribution in [-0.4, -0.2) is 27.0 Å². The zero-order chi connectivity index (χ0) is 14.8. The third kappa shape index (κ3) is 3.94. The number of carbonyl (C=O) groups is 1. The zero-order valence-corrected chi connectivity index (χ0v) is 12.6. The van der Waals surface area contributed by atoms with E-state index in [9.17, 15) is 13.2 Å². The summed E-state index contributed by atoms with van der Waals surface area (Å²) in [7, 11) is 1.53. The Morgan fingerprint density at radius 2 is 2.05 bits per heavy atom. The number of hydrogen-bond donors (Lipinski definition) is 1. The van der Waals surface area contributed by atoms with E-state index in [1.807, 2.05) is 6.92 Å². The molecule has 0 saturated carbocycles. The first-order valence-corrected chi connectivity index (χ1v) is 8.60. The monoisotopic (exact) mass is 317 g/mol. The molecule has 1 aromatic rings. The normalized spacial score (nSPS) is 22.7. The highest BCUT2D eigenvalue weighted by molar-refractivity contribution is 8.13. The summed E-state index contributed by atoms with van der Waals surface area (Å²) in [4.78, 5) is 11.9. The highest BCUT2D eigenvalue weighted by atomic mass is 35.7. The molecule has 20 heavy (non-hydrogen) atoms. The summed E-state index contributed by atoms with van der Waals surface area (Å²) in [5.74, 6) is -0.143. The molecule has 2 rings (SSSR count). The third-order valence-corrected chi connectivity index (χ3v) is 4.61. The van der Waals surface area contributed by atoms with Gasteiger partial charge in [-0.05, 0) is 31.0 Å². The lowest BCUT2D eigenvalue weighted by atomic mass is 10.1. The Balaban J connectivity index is 1.90. The average molecular weight is 318 g/mol. The summed E-state index contributed by atoms with van der Waals surface area (Å²) in [5.41, 5.74) is 0.814. The first-order chi connectivity index (χ1) is 9.36. The number of hydrogen-bond acceptors (Lipinski definition) is 4. The van der Waals surface area contributed by atoms with Crippen LogP contribution in [0.15, 0.2) is 29.2 Å². The molecule has 1 N–H and O–H groups in total. The Morgan fingerprint density at radius 1 is 1.40 bits per heavy atom. The molecule has 5 nitrogen and oxygen atoms in total. The molecule has 1 fully saturated rings. The standard InChI is InChI=1S/C13H16ClNO4S/c1-9-6-11(8-19-9)13(16)15-7-10-2-4-12(5-3-10)20(14,17)18/h2-5,9,11H,6-8H2,1H3,(H,15,16). The van der Waals surface area contributed by atoms with Crippen LogP contribution in [0.2, 0.25) is 0 Å². The lowest BCUT2D eigenvalue weighted by Gasteiger charge is -2.09. The number of carbonyl (C=O) groups excluding carboxylic acids is 1. The highest BCUT2D eigenvalue weighted by Crippen LogP contribution is 2.19. The molecule has 110 valence electrons. The van der Waals surface area contributed by atoms with Crippen molar-refractivity contribution >= 4 is 25.6 Å². The van der Waals surface area contributed by atoms with Gasteiger partial charge < -0.3 is 10.1 Å². The van der Waals surface area contributed by atoms with Crippen molar-refractivity contribution in [3.63, 3.8) is 0 Å². The summed E-state index contributed by atoms with van der Waals surface area (Å²) in [6, 6.07) is 6.10. The van der Waals surface area contributed by atoms with Crippen LogP contribution >= 0.6 is 10.7 Å². The van der Waals surface area contributed by atoms with E-state index < -0.39 is 9.05 Å². The SMILES string of the molecule is CC1CC(C(=O)NCc2ccc(S(=O)(=O)Cl)cc2)CO1. The fraction of sp³-hybridized carbons (Fsp3) is 0.462. The summed E-state index contributed by atoms with van der Waals surface area (Å²) in [6.07, 6.45) is 0.855. The fourth-order valence-corrected chi connectivity index (χ4v) is 2.87. The second-order valence-corrected chi connectivity index (χ2v) is 7.44. The van der Waals surface area contributed by atoms with E-state index in [0.29, 0.717) is 13.2 Å². The van der Waals surface area contributed by atoms with Crippen molar-refractivity contribution in [2.24, 2.45) is 5.92 Å². The number of amides is 1. The molecular weight excluding hydrogens is 302 g/mol. The Labute approximate surface area is 122 Å². The molecule has 1 aliphatic rings. The van der Waals surface area contributed by atoms with Crippen molar-refractivity contribution in [2.75, 3.05) is 6.61 Å². The first kappa shape index (κ1) is 15.3. The third-order valence-electron chi connectivity index (χ3n) is 3.24. The van der Waals surface area contributed by atoms with Gasteiger partial charge in [-0.2, -0.15) is 0 Å². The number of rotatable bonds is 4. The molecule has 1 heterocycles. The van der Waals surface area contributed by atoms with Crippen LogP contribution in [0.3, 0.4) is 0 Å². The van der Waals surface area contributed by atoms with Gasteiger partial charge in [0.2, 0.25) is 5.91 Å². The van der Waals surface area contributed by atoms with E-state index in [0.717, 1.165) is 12.0 Å². The van der Waals surface area contributed by atoms with Gasteiger partial charge in [0.15, 0.2) is 0 Å². The highest BCUT2D eigenvalue weighted by Gasteiger charge is 2.27. The summed E-state index contributed by atoms with van der Waals surface area (Å²) in [5, 5.41) is 2.82. The molecule has 2 unspecified atom stereocenters. The van der Waals surface area contributed by atoms with Crippen LogP contribution in [0.1, 0.15) is 18.9 Å². The van der Waals surface area contributed by atoms with Crippen LogP contribution in [0.25, 0.3) is 0 Å². The van der Waals surface area contributed by atoms with Crippen molar-refractivity contribution in [1.29, 1.82) is 0 Å². The summed E-state index contributed by atoms with van der Waals surface area (Å²) >= 11 is 0. The molecule has 0 bridgehead atoms. The maximum Gasteiger partial charge on any atom is 0.261 e. The van der Waals surface area contributed by atoms with E-state index >= 15 is 0 Å². The Bertz CT molecular complexity index is 585. The van der Waals surface area contributed by atoms with E-state index in [4.69, 9.17) is 15.4 Å². The predicted molar refractivity (Wildman–Crippen MR) is 74.8 cm³/mol. The maximum atomic E-state index is 11.9. The molecule has 2 atom stereocenters. The molecule has 0 aromatic heterocycles. The second-order valence-electron chi connectivity index (χ2n) is 4.88. The zero-order valence-electron chi connectivity index (χ0n) is 11.0. The molecule has 0 aliphatic carbocycles. The molecule has 7 heteroatoms. The van der Waals surface area contributed by atoms with Crippen molar-refractivity contribution in [2.45, 2.75) is 30.9 Å². The molecule has 1 aromatic carbocycles. The maximum absolute atomic E-state index is 11.9. The van der Waals surface area contributed by atoms with Gasteiger partial charge in [0.25, 0.3) is 9.05 Å². The van der Waals surface area contributed by atoms with Gasteiger partial charge >= 0.3 is 0 Å². The number of halogens is 1. The molecule has 0 radical (unpaired) electrons. The van der Waals surface area contributed by atoms with Gasteiger partial charge in [-0.25, -0.2) is 8.42 Å². The Hall–Kier alpha value is -1.11. The van der Waals surface area contributed by atoms with E-state index in [-0.39, 0.29) is 22.8 Å². The van der Waals surface area contributed by atoms with Crippen LogP contribution in [-0.2, 0) is 25.1 Å². The summed E-state index contributed by atoms with van der Waals surface area (Å²) in [6.45, 7) is 2.75. The van der Waals surface area contributed by atoms with Crippen molar-refractivity contribution < 1.29 is 17.9 Å². The minimum atomic E-state index is -3.70. The van der Waals surface area contributed by atoms with Gasteiger partial charge in [-0.3, -0.25) is 4.79 Å². The predicted octanol–water partition coefficient (Wildman–Crippen LogP) is 1.66. The topological polar surface area (TPSA) is 72.5 Å². The second kappa shape index (κ2) is 6.11. The Morgan fingerprint density at radius 3 is 2.55 bits per heavy atom. The average Bonchev–Trinajstić information content (AvgIpc) is 2.82. The van der Waals surface area contributed by atoms with Crippen LogP contribution in [0.4, 0.5) is 0 Å². The molecule has 1 aliphatic heterocycles. The van der Waals surface area contributed by atoms with E-state index in [2.05, 4.69) is 5.32 Å². The van der Waals surface area contributed by atoms with Crippen molar-refractivity contribution in [1.82, 2.24) is 5.32 Å². The van der Waals surface area contributed by atoms with Gasteiger partial charge in [0.1, 0.15) is 0 Å². The quantitative estimate of drug-likeness (QED) is 0.857. The molecule has 0 spiro atoms. The molecule has 1 amide bonds. The minimum Gasteiger partial charge on any atom is -0.378 e.